The average molecular weight is 662 g/mol. The fraction of sp³-hybridized carbons (Fsp3) is 0.393. The third kappa shape index (κ3) is 7.75. The number of hydrogen-bond donors (Lipinski definition) is 4. The molecule has 4 N–H and O–H groups in total. The third-order valence-corrected chi connectivity index (χ3v) is 8.26. The van der Waals surface area contributed by atoms with Gasteiger partial charge in [-0.1, -0.05) is 25.8 Å². The summed E-state index contributed by atoms with van der Waals surface area (Å²) in [6.45, 7) is 12.9. The first-order valence-electron chi connectivity index (χ1n) is 13.9. The van der Waals surface area contributed by atoms with Crippen molar-refractivity contribution < 1.29 is 37.5 Å². The van der Waals surface area contributed by atoms with Crippen LogP contribution in [0.3, 0.4) is 0 Å². The van der Waals surface area contributed by atoms with E-state index in [4.69, 9.17) is 15.4 Å². The Morgan fingerprint density at radius 3 is 2.53 bits per heavy atom. The van der Waals surface area contributed by atoms with Gasteiger partial charge in [0.05, 0.1) is 41.0 Å². The molecule has 0 saturated heterocycles. The lowest BCUT2D eigenvalue weighted by Gasteiger charge is -2.23. The first-order chi connectivity index (χ1) is 21.2. The summed E-state index contributed by atoms with van der Waals surface area (Å²) in [5.74, 6) is 0.00254. The number of carbonyl (C=O) groups is 1. The number of likely N-dealkylation sites (N-methyl/N-ethyl adjacent to an activating group) is 1. The molecule has 17 heteroatoms. The summed E-state index contributed by atoms with van der Waals surface area (Å²) in [6, 6.07) is 8.44. The molecule has 0 radical (unpaired) electrons. The number of fused-ring (bicyclic) bond motifs is 1. The zero-order valence-electron chi connectivity index (χ0n) is 25.5. The van der Waals surface area contributed by atoms with Gasteiger partial charge in [0.1, 0.15) is 5.71 Å². The Morgan fingerprint density at radius 2 is 1.93 bits per heavy atom. The molecule has 0 spiro atoms. The minimum Gasteiger partial charge on any atom is -0.395 e. The second kappa shape index (κ2) is 13.7. The zero-order chi connectivity index (χ0) is 33.1. The van der Waals surface area contributed by atoms with Gasteiger partial charge < -0.3 is 15.3 Å². The van der Waals surface area contributed by atoms with Crippen LogP contribution in [0.5, 0.6) is 0 Å². The number of aryl methyl sites for hydroxylation is 1. The number of amides is 1. The minimum atomic E-state index is -4.67. The van der Waals surface area contributed by atoms with Gasteiger partial charge in [0, 0.05) is 34.7 Å². The summed E-state index contributed by atoms with van der Waals surface area (Å²) in [6.07, 6.45) is 0. The van der Waals surface area contributed by atoms with Crippen molar-refractivity contribution in [2.75, 3.05) is 24.6 Å². The van der Waals surface area contributed by atoms with Crippen molar-refractivity contribution in [2.45, 2.75) is 57.4 Å². The second-order valence-corrected chi connectivity index (χ2v) is 13.4. The smallest absolute Gasteiger partial charge is 0.294 e. The number of carbonyl (C=O) groups excluding carboxylic acids is 1. The standard InChI is InChI=1S/C28H35N7O8S2/c1-7-34(10-11-36)19-8-9-22(16(2)12-19)30-23-24(28(4,5)6)33-35-25(31-32-26(23)35)17(3)29-27(37)18-13-20(44-43-42-38)15-21(14-18)45(39,40)41/h8-9,12-15,17,36,38H,7,10-11H2,1-6H3,(H,29,37)(H,39,40,41)/b30-23-. The van der Waals surface area contributed by atoms with Crippen molar-refractivity contribution in [3.63, 3.8) is 0 Å². The summed E-state index contributed by atoms with van der Waals surface area (Å²) < 4.78 is 39.0. The highest BCUT2D eigenvalue weighted by Gasteiger charge is 2.36. The van der Waals surface area contributed by atoms with Crippen LogP contribution < -0.4 is 10.2 Å². The number of benzene rings is 2. The number of anilines is 1. The maximum atomic E-state index is 13.2. The lowest BCUT2D eigenvalue weighted by Crippen LogP contribution is -2.28. The van der Waals surface area contributed by atoms with E-state index in [-0.39, 0.29) is 17.1 Å². The van der Waals surface area contributed by atoms with Gasteiger partial charge >= 0.3 is 0 Å². The molecular weight excluding hydrogens is 626 g/mol. The van der Waals surface area contributed by atoms with Gasteiger partial charge in [-0.3, -0.25) is 9.35 Å². The van der Waals surface area contributed by atoms with Crippen molar-refractivity contribution in [2.24, 2.45) is 15.5 Å². The van der Waals surface area contributed by atoms with Gasteiger partial charge in [-0.2, -0.15) is 18.2 Å². The SMILES string of the molecule is CCN(CCO)c1ccc(/N=C2/C(C(C)(C)C)=Nn3c2nnc3C(C)NC(=O)c2cc(SOOO)cc(S(=O)(=O)O)c2)c(C)c1. The van der Waals surface area contributed by atoms with Crippen LogP contribution in [0, 0.1) is 12.3 Å². The number of rotatable bonds is 12. The number of nitrogens with zero attached hydrogens (tertiary/aromatic N) is 6. The maximum absolute atomic E-state index is 13.2. The Bertz CT molecular complexity index is 1750. The maximum Gasteiger partial charge on any atom is 0.294 e. The summed E-state index contributed by atoms with van der Waals surface area (Å²) in [7, 11) is -4.67. The molecule has 1 amide bonds. The molecule has 0 aliphatic carbocycles. The molecule has 2 aromatic carbocycles. The molecule has 1 atom stereocenters. The summed E-state index contributed by atoms with van der Waals surface area (Å²) in [5, 5.41) is 37.6. The van der Waals surface area contributed by atoms with Gasteiger partial charge in [0.15, 0.2) is 5.82 Å². The molecule has 3 aromatic rings. The van der Waals surface area contributed by atoms with E-state index in [9.17, 15) is 22.9 Å². The summed E-state index contributed by atoms with van der Waals surface area (Å²) in [4.78, 5) is 19.7. The van der Waals surface area contributed by atoms with Crippen LogP contribution in [0.4, 0.5) is 11.4 Å². The number of hydrogen-bond acceptors (Lipinski definition) is 13. The highest BCUT2D eigenvalue weighted by molar-refractivity contribution is 7.94. The Hall–Kier alpha value is -3.71. The number of aliphatic hydroxyl groups is 1. The summed E-state index contributed by atoms with van der Waals surface area (Å²) in [5.41, 5.74) is 3.26. The molecular formula is C28H35N7O8S2. The molecule has 4 rings (SSSR count). The first-order valence-corrected chi connectivity index (χ1v) is 16.0. The van der Waals surface area contributed by atoms with Crippen LogP contribution in [-0.4, -0.2) is 75.2 Å². The van der Waals surface area contributed by atoms with Gasteiger partial charge in [-0.05, 0) is 62.7 Å². The minimum absolute atomic E-state index is 0.0469. The molecule has 0 saturated carbocycles. The lowest BCUT2D eigenvalue weighted by atomic mass is 9.87. The number of aliphatic hydroxyl groups excluding tert-OH is 1. The number of aromatic nitrogens is 3. The average Bonchev–Trinajstić information content (AvgIpc) is 3.55. The van der Waals surface area contributed by atoms with E-state index in [0.717, 1.165) is 29.9 Å². The van der Waals surface area contributed by atoms with E-state index in [2.05, 4.69) is 29.8 Å². The molecule has 15 nitrogen and oxygen atoms in total. The fourth-order valence-electron chi connectivity index (χ4n) is 4.64. The Kier molecular flexibility index (Phi) is 10.4. The van der Waals surface area contributed by atoms with E-state index in [0.29, 0.717) is 47.3 Å². The van der Waals surface area contributed by atoms with E-state index in [1.165, 1.54) is 10.7 Å². The summed E-state index contributed by atoms with van der Waals surface area (Å²) >= 11 is 0.427. The zero-order valence-corrected chi connectivity index (χ0v) is 27.2. The Labute approximate surface area is 264 Å². The quantitative estimate of drug-likeness (QED) is 0.0944. The van der Waals surface area contributed by atoms with Crippen LogP contribution >= 0.6 is 12.0 Å². The highest BCUT2D eigenvalue weighted by atomic mass is 32.2. The Morgan fingerprint density at radius 1 is 1.20 bits per heavy atom. The predicted octanol–water partition coefficient (Wildman–Crippen LogP) is 3.96. The molecule has 2 heterocycles. The largest absolute Gasteiger partial charge is 0.395 e. The van der Waals surface area contributed by atoms with Crippen LogP contribution in [0.2, 0.25) is 0 Å². The fourth-order valence-corrected chi connectivity index (χ4v) is 5.73. The monoisotopic (exact) mass is 661 g/mol. The normalized spacial score (nSPS) is 14.8. The van der Waals surface area contributed by atoms with Crippen molar-refractivity contribution in [1.82, 2.24) is 20.2 Å². The molecule has 0 fully saturated rings. The van der Waals surface area contributed by atoms with Gasteiger partial charge in [0.25, 0.3) is 16.0 Å². The van der Waals surface area contributed by atoms with E-state index in [1.54, 1.807) is 6.92 Å². The topological polar surface area (TPSA) is 201 Å². The van der Waals surface area contributed by atoms with Crippen molar-refractivity contribution in [3.05, 3.63) is 59.2 Å². The first kappa shape index (κ1) is 34.2. The van der Waals surface area contributed by atoms with Gasteiger partial charge in [-0.25, -0.2) is 10.2 Å². The molecule has 1 aliphatic rings. The van der Waals surface area contributed by atoms with E-state index >= 15 is 0 Å². The third-order valence-electron chi connectivity index (χ3n) is 6.88. The van der Waals surface area contributed by atoms with Gasteiger partial charge in [0.2, 0.25) is 5.82 Å². The van der Waals surface area contributed by atoms with Crippen LogP contribution in [0.25, 0.3) is 0 Å². The Balaban J connectivity index is 1.67. The van der Waals surface area contributed by atoms with E-state index in [1.807, 2.05) is 52.8 Å². The van der Waals surface area contributed by atoms with Crippen LogP contribution in [0.1, 0.15) is 68.2 Å². The van der Waals surface area contributed by atoms with Crippen LogP contribution in [0.15, 0.2) is 56.3 Å². The molecule has 242 valence electrons. The van der Waals surface area contributed by atoms with Crippen molar-refractivity contribution in [3.8, 4) is 0 Å². The van der Waals surface area contributed by atoms with Crippen molar-refractivity contribution >= 4 is 50.9 Å². The highest BCUT2D eigenvalue weighted by Crippen LogP contribution is 2.31. The predicted molar refractivity (Wildman–Crippen MR) is 167 cm³/mol. The molecule has 1 aromatic heterocycles. The number of nitrogens with one attached hydrogen (secondary N) is 1. The molecule has 45 heavy (non-hydrogen) atoms. The van der Waals surface area contributed by atoms with E-state index < -0.39 is 32.4 Å². The molecule has 1 unspecified atom stereocenters. The number of aliphatic imine (C=N–C) groups is 1. The van der Waals surface area contributed by atoms with Crippen molar-refractivity contribution in [1.29, 1.82) is 0 Å². The lowest BCUT2D eigenvalue weighted by molar-refractivity contribution is -0.432. The second-order valence-electron chi connectivity index (χ2n) is 11.2. The molecule has 1 aliphatic heterocycles. The van der Waals surface area contributed by atoms with Crippen LogP contribution in [-0.2, 0) is 19.5 Å². The molecule has 0 bridgehead atoms. The van der Waals surface area contributed by atoms with Gasteiger partial charge in [-0.15, -0.1) is 14.5 Å².